The van der Waals surface area contributed by atoms with Gasteiger partial charge in [0, 0.05) is 12.7 Å². The lowest BCUT2D eigenvalue weighted by Gasteiger charge is -2.18. The van der Waals surface area contributed by atoms with Gasteiger partial charge in [0.25, 0.3) is 0 Å². The minimum absolute atomic E-state index is 0.00973. The van der Waals surface area contributed by atoms with Gasteiger partial charge in [-0.2, -0.15) is 4.31 Å². The highest BCUT2D eigenvalue weighted by Gasteiger charge is 2.24. The van der Waals surface area contributed by atoms with Crippen molar-refractivity contribution in [1.29, 1.82) is 0 Å². The number of nitrogens with one attached hydrogen (secondary N) is 1. The zero-order chi connectivity index (χ0) is 18.6. The Morgan fingerprint density at radius 2 is 1.92 bits per heavy atom. The Kier molecular flexibility index (Phi) is 6.05. The molecule has 0 aliphatic rings. The van der Waals surface area contributed by atoms with Crippen molar-refractivity contribution in [3.63, 3.8) is 0 Å². The van der Waals surface area contributed by atoms with Gasteiger partial charge >= 0.3 is 0 Å². The third kappa shape index (κ3) is 4.50. The van der Waals surface area contributed by atoms with Gasteiger partial charge in [0.2, 0.25) is 15.9 Å². The molecule has 0 atom stereocenters. The fraction of sp³-hybridized carbons (Fsp3) is 0.235. The maximum atomic E-state index is 12.6. The van der Waals surface area contributed by atoms with Crippen LogP contribution in [0.2, 0.25) is 5.02 Å². The first-order valence-corrected chi connectivity index (χ1v) is 9.23. The Morgan fingerprint density at radius 3 is 2.52 bits per heavy atom. The van der Waals surface area contributed by atoms with Gasteiger partial charge in [-0.3, -0.25) is 4.79 Å². The van der Waals surface area contributed by atoms with E-state index in [2.05, 4.69) is 5.32 Å². The maximum Gasteiger partial charge on any atom is 0.243 e. The molecular formula is C17H19ClN2O4S. The van der Waals surface area contributed by atoms with E-state index >= 15 is 0 Å². The summed E-state index contributed by atoms with van der Waals surface area (Å²) in [6, 6.07) is 11.4. The number of para-hydroxylation sites is 1. The first kappa shape index (κ1) is 19.2. The Labute approximate surface area is 152 Å². The summed E-state index contributed by atoms with van der Waals surface area (Å²) in [5.41, 5.74) is 1.54. The number of likely N-dealkylation sites (N-methyl/N-ethyl adjacent to an activating group) is 1. The van der Waals surface area contributed by atoms with Crippen LogP contribution in [0.3, 0.4) is 0 Å². The highest BCUT2D eigenvalue weighted by atomic mass is 35.5. The van der Waals surface area contributed by atoms with Crippen LogP contribution >= 0.6 is 11.6 Å². The quantitative estimate of drug-likeness (QED) is 0.833. The van der Waals surface area contributed by atoms with Crippen LogP contribution in [0.1, 0.15) is 5.56 Å². The van der Waals surface area contributed by atoms with Crippen LogP contribution < -0.4 is 10.1 Å². The minimum Gasteiger partial charge on any atom is -0.495 e. The lowest BCUT2D eigenvalue weighted by atomic mass is 10.2. The van der Waals surface area contributed by atoms with Crippen LogP contribution in [-0.4, -0.2) is 39.3 Å². The molecule has 8 heteroatoms. The van der Waals surface area contributed by atoms with Gasteiger partial charge < -0.3 is 10.1 Å². The zero-order valence-electron chi connectivity index (χ0n) is 14.1. The van der Waals surface area contributed by atoms with E-state index in [9.17, 15) is 13.2 Å². The SMILES string of the molecule is COc1ccc(S(=O)(=O)N(C)CC(=O)Nc2ccccc2C)cc1Cl. The number of methoxy groups -OCH3 is 1. The average Bonchev–Trinajstić information content (AvgIpc) is 2.56. The summed E-state index contributed by atoms with van der Waals surface area (Å²) in [7, 11) is -1.07. The first-order valence-electron chi connectivity index (χ1n) is 7.41. The molecule has 0 saturated carbocycles. The van der Waals surface area contributed by atoms with Crippen LogP contribution in [0.25, 0.3) is 0 Å². The van der Waals surface area contributed by atoms with E-state index in [1.165, 1.54) is 32.4 Å². The molecule has 0 saturated heterocycles. The predicted octanol–water partition coefficient (Wildman–Crippen LogP) is 2.92. The summed E-state index contributed by atoms with van der Waals surface area (Å²) in [5, 5.41) is 2.88. The Bertz CT molecular complexity index is 884. The highest BCUT2D eigenvalue weighted by molar-refractivity contribution is 7.89. The average molecular weight is 383 g/mol. The van der Waals surface area contributed by atoms with Crippen molar-refractivity contribution in [2.24, 2.45) is 0 Å². The van der Waals surface area contributed by atoms with Crippen molar-refractivity contribution in [2.45, 2.75) is 11.8 Å². The third-order valence-corrected chi connectivity index (χ3v) is 5.71. The number of amides is 1. The number of hydrogen-bond donors (Lipinski definition) is 1. The molecule has 1 amide bonds. The number of hydrogen-bond acceptors (Lipinski definition) is 4. The van der Waals surface area contributed by atoms with Crippen molar-refractivity contribution < 1.29 is 17.9 Å². The van der Waals surface area contributed by atoms with Crippen LogP contribution in [-0.2, 0) is 14.8 Å². The van der Waals surface area contributed by atoms with E-state index in [1.807, 2.05) is 19.1 Å². The van der Waals surface area contributed by atoms with E-state index in [0.29, 0.717) is 11.4 Å². The van der Waals surface area contributed by atoms with E-state index in [0.717, 1.165) is 9.87 Å². The topological polar surface area (TPSA) is 75.7 Å². The van der Waals surface area contributed by atoms with E-state index in [4.69, 9.17) is 16.3 Å². The van der Waals surface area contributed by atoms with Crippen molar-refractivity contribution in [3.05, 3.63) is 53.1 Å². The molecule has 0 radical (unpaired) electrons. The lowest BCUT2D eigenvalue weighted by molar-refractivity contribution is -0.116. The van der Waals surface area contributed by atoms with Gasteiger partial charge in [0.15, 0.2) is 0 Å². The number of nitrogens with zero attached hydrogens (tertiary/aromatic N) is 1. The second-order valence-corrected chi connectivity index (χ2v) is 7.87. The Hall–Kier alpha value is -2.09. The number of ether oxygens (including phenoxy) is 1. The van der Waals surface area contributed by atoms with Gasteiger partial charge in [-0.25, -0.2) is 8.42 Å². The summed E-state index contributed by atoms with van der Waals surface area (Å²) in [5.74, 6) is -0.0550. The molecule has 0 spiro atoms. The molecule has 0 aliphatic heterocycles. The Balaban J connectivity index is 2.13. The van der Waals surface area contributed by atoms with Gasteiger partial charge in [-0.15, -0.1) is 0 Å². The first-order chi connectivity index (χ1) is 11.8. The molecule has 1 N–H and O–H groups in total. The third-order valence-electron chi connectivity index (χ3n) is 3.62. The number of anilines is 1. The summed E-state index contributed by atoms with van der Waals surface area (Å²) < 4.78 is 31.2. The second kappa shape index (κ2) is 7.86. The van der Waals surface area contributed by atoms with Gasteiger partial charge in [-0.05, 0) is 36.8 Å². The zero-order valence-corrected chi connectivity index (χ0v) is 15.7. The van der Waals surface area contributed by atoms with Crippen molar-refractivity contribution >= 4 is 33.2 Å². The number of rotatable bonds is 6. The molecule has 6 nitrogen and oxygen atoms in total. The van der Waals surface area contributed by atoms with Crippen molar-refractivity contribution in [2.75, 3.05) is 26.0 Å². The minimum atomic E-state index is -3.85. The lowest BCUT2D eigenvalue weighted by Crippen LogP contribution is -2.35. The molecule has 25 heavy (non-hydrogen) atoms. The number of aryl methyl sites for hydroxylation is 1. The fourth-order valence-electron chi connectivity index (χ4n) is 2.18. The van der Waals surface area contributed by atoms with Crippen LogP contribution in [0.4, 0.5) is 5.69 Å². The van der Waals surface area contributed by atoms with Crippen molar-refractivity contribution in [1.82, 2.24) is 4.31 Å². The van der Waals surface area contributed by atoms with Gasteiger partial charge in [-0.1, -0.05) is 29.8 Å². The number of carbonyl (C=O) groups excluding carboxylic acids is 1. The van der Waals surface area contributed by atoms with Gasteiger partial charge in [0.1, 0.15) is 5.75 Å². The normalized spacial score (nSPS) is 11.4. The fourth-order valence-corrected chi connectivity index (χ4v) is 3.65. The number of sulfonamides is 1. The summed E-state index contributed by atoms with van der Waals surface area (Å²) in [6.45, 7) is 1.54. The highest BCUT2D eigenvalue weighted by Crippen LogP contribution is 2.28. The Morgan fingerprint density at radius 1 is 1.24 bits per heavy atom. The number of carbonyl (C=O) groups is 1. The summed E-state index contributed by atoms with van der Waals surface area (Å²) in [6.07, 6.45) is 0. The molecule has 2 aromatic rings. The van der Waals surface area contributed by atoms with Crippen LogP contribution in [0, 0.1) is 6.92 Å². The molecule has 2 rings (SSSR count). The molecule has 0 heterocycles. The van der Waals surface area contributed by atoms with E-state index in [-0.39, 0.29) is 16.5 Å². The molecular weight excluding hydrogens is 364 g/mol. The number of halogens is 1. The monoisotopic (exact) mass is 382 g/mol. The molecule has 0 bridgehead atoms. The second-order valence-electron chi connectivity index (χ2n) is 5.42. The smallest absolute Gasteiger partial charge is 0.243 e. The molecule has 0 aliphatic carbocycles. The molecule has 0 unspecified atom stereocenters. The van der Waals surface area contributed by atoms with Crippen LogP contribution in [0.15, 0.2) is 47.4 Å². The standard InChI is InChI=1S/C17H19ClN2O4S/c1-12-6-4-5-7-15(12)19-17(21)11-20(2)25(22,23)13-8-9-16(24-3)14(18)10-13/h4-10H,11H2,1-3H3,(H,19,21). The predicted molar refractivity (Wildman–Crippen MR) is 97.6 cm³/mol. The molecule has 2 aromatic carbocycles. The van der Waals surface area contributed by atoms with Crippen molar-refractivity contribution in [3.8, 4) is 5.75 Å². The molecule has 134 valence electrons. The van der Waals surface area contributed by atoms with Crippen LogP contribution in [0.5, 0.6) is 5.75 Å². The summed E-state index contributed by atoms with van der Waals surface area (Å²) >= 11 is 5.98. The molecule has 0 fully saturated rings. The van der Waals surface area contributed by atoms with E-state index < -0.39 is 15.9 Å². The largest absolute Gasteiger partial charge is 0.495 e. The summed E-state index contributed by atoms with van der Waals surface area (Å²) in [4.78, 5) is 12.1. The maximum absolute atomic E-state index is 12.6. The van der Waals surface area contributed by atoms with E-state index in [1.54, 1.807) is 12.1 Å². The van der Waals surface area contributed by atoms with Gasteiger partial charge in [0.05, 0.1) is 23.6 Å². The molecule has 0 aromatic heterocycles. The number of benzene rings is 2.